The fraction of sp³-hybridized carbons (Fsp3) is 0.583. The van der Waals surface area contributed by atoms with Crippen LogP contribution in [0.1, 0.15) is 19.8 Å². The quantitative estimate of drug-likeness (QED) is 0.921. The highest BCUT2D eigenvalue weighted by Crippen LogP contribution is 2.13. The highest BCUT2D eigenvalue weighted by Gasteiger charge is 2.14. The van der Waals surface area contributed by atoms with E-state index in [4.69, 9.17) is 0 Å². The molecule has 0 bridgehead atoms. The summed E-state index contributed by atoms with van der Waals surface area (Å²) in [4.78, 5) is 6.83. The third kappa shape index (κ3) is 3.46. The van der Waals surface area contributed by atoms with Crippen molar-refractivity contribution in [2.75, 3.05) is 25.0 Å². The number of rotatable bonds is 4. The van der Waals surface area contributed by atoms with Gasteiger partial charge < -0.3 is 10.2 Å². The summed E-state index contributed by atoms with van der Waals surface area (Å²) in [6.07, 6.45) is 4.53. The monoisotopic (exact) mass is 283 g/mol. The van der Waals surface area contributed by atoms with Crippen LogP contribution in [0.4, 0.5) is 5.82 Å². The van der Waals surface area contributed by atoms with Crippen molar-refractivity contribution >= 4 is 21.7 Å². The van der Waals surface area contributed by atoms with Crippen molar-refractivity contribution in [1.82, 2.24) is 9.88 Å². The molecular weight excluding hydrogens is 266 g/mol. The number of nitrogens with zero attached hydrogens (tertiary/aromatic N) is 2. The van der Waals surface area contributed by atoms with Gasteiger partial charge in [0.25, 0.3) is 0 Å². The number of hydrogen-bond donors (Lipinski definition) is 1. The standard InChI is InChI=1S/C12H18BrN3/c1-10(9-16-6-2-3-7-16)15-12-5-4-11(13)8-14-12/h4-5,8,10H,2-3,6-7,9H2,1H3,(H,14,15). The Morgan fingerprint density at radius 1 is 1.44 bits per heavy atom. The topological polar surface area (TPSA) is 28.2 Å². The molecule has 0 saturated carbocycles. The lowest BCUT2D eigenvalue weighted by Gasteiger charge is -2.21. The van der Waals surface area contributed by atoms with Crippen molar-refractivity contribution in [3.8, 4) is 0 Å². The maximum Gasteiger partial charge on any atom is 0.126 e. The molecule has 1 aliphatic heterocycles. The Morgan fingerprint density at radius 2 is 2.19 bits per heavy atom. The second-order valence-corrected chi connectivity index (χ2v) is 5.33. The van der Waals surface area contributed by atoms with Crippen molar-refractivity contribution in [1.29, 1.82) is 0 Å². The third-order valence-electron chi connectivity index (χ3n) is 2.85. The molecule has 2 heterocycles. The molecule has 1 atom stereocenters. The molecule has 1 aromatic heterocycles. The molecule has 1 aliphatic rings. The smallest absolute Gasteiger partial charge is 0.126 e. The molecule has 1 aromatic rings. The summed E-state index contributed by atoms with van der Waals surface area (Å²) in [6.45, 7) is 5.82. The molecule has 1 unspecified atom stereocenters. The van der Waals surface area contributed by atoms with E-state index in [0.29, 0.717) is 6.04 Å². The molecule has 0 aromatic carbocycles. The summed E-state index contributed by atoms with van der Waals surface area (Å²) in [6, 6.07) is 4.47. The summed E-state index contributed by atoms with van der Waals surface area (Å²) in [7, 11) is 0. The number of halogens is 1. The Bertz CT molecular complexity index is 320. The molecule has 1 fully saturated rings. The van der Waals surface area contributed by atoms with Crippen LogP contribution < -0.4 is 5.32 Å². The molecule has 1 saturated heterocycles. The largest absolute Gasteiger partial charge is 0.366 e. The first-order chi connectivity index (χ1) is 7.74. The van der Waals surface area contributed by atoms with E-state index in [9.17, 15) is 0 Å². The van der Waals surface area contributed by atoms with Gasteiger partial charge in [0.05, 0.1) is 0 Å². The molecule has 2 rings (SSSR count). The van der Waals surface area contributed by atoms with E-state index >= 15 is 0 Å². The number of aromatic nitrogens is 1. The van der Waals surface area contributed by atoms with Crippen molar-refractivity contribution in [2.24, 2.45) is 0 Å². The SMILES string of the molecule is CC(CN1CCCC1)Nc1ccc(Br)cn1. The molecule has 88 valence electrons. The van der Waals surface area contributed by atoms with E-state index in [0.717, 1.165) is 16.8 Å². The van der Waals surface area contributed by atoms with Crippen molar-refractivity contribution in [3.05, 3.63) is 22.8 Å². The number of anilines is 1. The minimum atomic E-state index is 0.451. The molecule has 1 N–H and O–H groups in total. The van der Waals surface area contributed by atoms with Crippen molar-refractivity contribution < 1.29 is 0 Å². The Labute approximate surface area is 105 Å². The van der Waals surface area contributed by atoms with Gasteiger partial charge in [-0.1, -0.05) is 0 Å². The van der Waals surface area contributed by atoms with Crippen LogP contribution in [0.3, 0.4) is 0 Å². The van der Waals surface area contributed by atoms with E-state index < -0.39 is 0 Å². The molecule has 0 radical (unpaired) electrons. The zero-order chi connectivity index (χ0) is 11.4. The molecule has 3 nitrogen and oxygen atoms in total. The highest BCUT2D eigenvalue weighted by molar-refractivity contribution is 9.10. The molecule has 16 heavy (non-hydrogen) atoms. The van der Waals surface area contributed by atoms with Gasteiger partial charge in [0.2, 0.25) is 0 Å². The Kier molecular flexibility index (Phi) is 4.18. The summed E-state index contributed by atoms with van der Waals surface area (Å²) >= 11 is 3.38. The first-order valence-electron chi connectivity index (χ1n) is 5.84. The van der Waals surface area contributed by atoms with Crippen LogP contribution in [0.5, 0.6) is 0 Å². The number of pyridine rings is 1. The fourth-order valence-corrected chi connectivity index (χ4v) is 2.35. The Hall–Kier alpha value is -0.610. The van der Waals surface area contributed by atoms with Gasteiger partial charge >= 0.3 is 0 Å². The van der Waals surface area contributed by atoms with Crippen LogP contribution in [-0.4, -0.2) is 35.6 Å². The van der Waals surface area contributed by atoms with Gasteiger partial charge in [-0.3, -0.25) is 0 Å². The first-order valence-corrected chi connectivity index (χ1v) is 6.64. The lowest BCUT2D eigenvalue weighted by atomic mass is 10.3. The molecule has 0 amide bonds. The lowest BCUT2D eigenvalue weighted by molar-refractivity contribution is 0.327. The lowest BCUT2D eigenvalue weighted by Crippen LogP contribution is -2.33. The number of likely N-dealkylation sites (tertiary alicyclic amines) is 1. The Balaban J connectivity index is 1.81. The van der Waals surface area contributed by atoms with Crippen LogP contribution in [0, 0.1) is 0 Å². The van der Waals surface area contributed by atoms with Gasteiger partial charge in [0.15, 0.2) is 0 Å². The number of hydrogen-bond acceptors (Lipinski definition) is 3. The molecule has 4 heteroatoms. The number of nitrogens with one attached hydrogen (secondary N) is 1. The first kappa shape index (κ1) is 11.9. The van der Waals surface area contributed by atoms with E-state index in [-0.39, 0.29) is 0 Å². The summed E-state index contributed by atoms with van der Waals surface area (Å²) in [5.74, 6) is 0.954. The Morgan fingerprint density at radius 3 is 2.81 bits per heavy atom. The molecule has 0 aliphatic carbocycles. The van der Waals surface area contributed by atoms with E-state index in [2.05, 4.69) is 38.1 Å². The van der Waals surface area contributed by atoms with Gasteiger partial charge in [-0.2, -0.15) is 0 Å². The second kappa shape index (κ2) is 5.64. The van der Waals surface area contributed by atoms with Crippen LogP contribution in [-0.2, 0) is 0 Å². The van der Waals surface area contributed by atoms with E-state index in [1.165, 1.54) is 25.9 Å². The average Bonchev–Trinajstić information content (AvgIpc) is 2.74. The summed E-state index contributed by atoms with van der Waals surface area (Å²) < 4.78 is 1.02. The second-order valence-electron chi connectivity index (χ2n) is 4.41. The van der Waals surface area contributed by atoms with Gasteiger partial charge in [-0.15, -0.1) is 0 Å². The van der Waals surface area contributed by atoms with Gasteiger partial charge in [0.1, 0.15) is 5.82 Å². The van der Waals surface area contributed by atoms with Gasteiger partial charge in [-0.25, -0.2) is 4.98 Å². The van der Waals surface area contributed by atoms with Crippen LogP contribution in [0.2, 0.25) is 0 Å². The maximum absolute atomic E-state index is 4.32. The van der Waals surface area contributed by atoms with Crippen molar-refractivity contribution in [3.63, 3.8) is 0 Å². The molecule has 0 spiro atoms. The van der Waals surface area contributed by atoms with Crippen LogP contribution in [0.15, 0.2) is 22.8 Å². The van der Waals surface area contributed by atoms with Crippen LogP contribution in [0.25, 0.3) is 0 Å². The van der Waals surface area contributed by atoms with E-state index in [1.54, 1.807) is 0 Å². The van der Waals surface area contributed by atoms with Crippen molar-refractivity contribution in [2.45, 2.75) is 25.8 Å². The predicted molar refractivity (Wildman–Crippen MR) is 70.7 cm³/mol. The van der Waals surface area contributed by atoms with Gasteiger partial charge in [0, 0.05) is 23.3 Å². The summed E-state index contributed by atoms with van der Waals surface area (Å²) in [5.41, 5.74) is 0. The minimum Gasteiger partial charge on any atom is -0.366 e. The van der Waals surface area contributed by atoms with Crippen LogP contribution >= 0.6 is 15.9 Å². The summed E-state index contributed by atoms with van der Waals surface area (Å²) in [5, 5.41) is 3.42. The molecular formula is C12H18BrN3. The van der Waals surface area contributed by atoms with Gasteiger partial charge in [-0.05, 0) is 60.9 Å². The third-order valence-corrected chi connectivity index (χ3v) is 3.32. The highest BCUT2D eigenvalue weighted by atomic mass is 79.9. The zero-order valence-electron chi connectivity index (χ0n) is 9.62. The zero-order valence-corrected chi connectivity index (χ0v) is 11.2. The van der Waals surface area contributed by atoms with E-state index in [1.807, 2.05) is 18.3 Å². The average molecular weight is 284 g/mol. The predicted octanol–water partition coefficient (Wildman–Crippen LogP) is 2.74. The fourth-order valence-electron chi connectivity index (χ4n) is 2.11. The minimum absolute atomic E-state index is 0.451. The normalized spacial score (nSPS) is 18.6. The maximum atomic E-state index is 4.32.